The number of benzene rings is 1. The highest BCUT2D eigenvalue weighted by molar-refractivity contribution is 5.69. The molecular formula is C24H33NO3. The summed E-state index contributed by atoms with van der Waals surface area (Å²) in [5, 5.41) is 0. The average molecular weight is 384 g/mol. The van der Waals surface area contributed by atoms with Crippen LogP contribution in [0, 0.1) is 0 Å². The summed E-state index contributed by atoms with van der Waals surface area (Å²) in [6.45, 7) is 5.27. The molecule has 0 aromatic heterocycles. The van der Waals surface area contributed by atoms with Crippen LogP contribution in [0.5, 0.6) is 0 Å². The van der Waals surface area contributed by atoms with E-state index in [-0.39, 0.29) is 18.2 Å². The van der Waals surface area contributed by atoms with Gasteiger partial charge in [-0.2, -0.15) is 0 Å². The third-order valence-corrected chi connectivity index (χ3v) is 5.60. The first-order valence-electron chi connectivity index (χ1n) is 10.6. The van der Waals surface area contributed by atoms with Gasteiger partial charge in [0.05, 0.1) is 25.3 Å². The predicted molar refractivity (Wildman–Crippen MR) is 112 cm³/mol. The number of hydrogen-bond acceptors (Lipinski definition) is 3. The van der Waals surface area contributed by atoms with Crippen molar-refractivity contribution >= 4 is 6.09 Å². The standard InChI is InChI=1S/C24H33NO3/c1-2-3-4-5-6-7-9-14-21-15-22-18-27-19-23(16-21)25(22)24(26)28-17-20-12-10-8-11-13-20/h2,8,10-13,15,22-23H,1,3-7,9,14,16-19H2. The van der Waals surface area contributed by atoms with E-state index < -0.39 is 0 Å². The fraction of sp³-hybridized carbons (Fsp3) is 0.542. The molecule has 1 amide bonds. The number of carbonyl (C=O) groups is 1. The normalized spacial score (nSPS) is 21.1. The highest BCUT2D eigenvalue weighted by atomic mass is 16.6. The smallest absolute Gasteiger partial charge is 0.411 e. The lowest BCUT2D eigenvalue weighted by Gasteiger charge is -2.43. The van der Waals surface area contributed by atoms with E-state index in [0.717, 1.165) is 24.8 Å². The van der Waals surface area contributed by atoms with E-state index in [4.69, 9.17) is 9.47 Å². The number of ether oxygens (including phenoxy) is 2. The van der Waals surface area contributed by atoms with Crippen LogP contribution < -0.4 is 0 Å². The molecule has 2 bridgehead atoms. The summed E-state index contributed by atoms with van der Waals surface area (Å²) in [5.74, 6) is 0. The van der Waals surface area contributed by atoms with Gasteiger partial charge in [0.15, 0.2) is 0 Å². The number of nitrogens with zero attached hydrogens (tertiary/aromatic N) is 1. The van der Waals surface area contributed by atoms with Gasteiger partial charge in [-0.1, -0.05) is 67.3 Å². The zero-order valence-corrected chi connectivity index (χ0v) is 16.9. The van der Waals surface area contributed by atoms with Gasteiger partial charge in [-0.15, -0.1) is 6.58 Å². The van der Waals surface area contributed by atoms with Gasteiger partial charge in [-0.25, -0.2) is 4.79 Å². The van der Waals surface area contributed by atoms with Crippen molar-refractivity contribution < 1.29 is 14.3 Å². The fourth-order valence-corrected chi connectivity index (χ4v) is 4.12. The maximum absolute atomic E-state index is 12.7. The van der Waals surface area contributed by atoms with Crippen LogP contribution in [0.1, 0.15) is 56.9 Å². The van der Waals surface area contributed by atoms with Gasteiger partial charge in [-0.05, 0) is 37.7 Å². The van der Waals surface area contributed by atoms with Crippen molar-refractivity contribution in [3.05, 3.63) is 60.2 Å². The highest BCUT2D eigenvalue weighted by Gasteiger charge is 2.38. The van der Waals surface area contributed by atoms with Crippen LogP contribution in [-0.4, -0.2) is 36.3 Å². The van der Waals surface area contributed by atoms with Gasteiger partial charge in [0.1, 0.15) is 6.61 Å². The first-order valence-corrected chi connectivity index (χ1v) is 10.6. The third kappa shape index (κ3) is 5.96. The molecule has 2 aliphatic heterocycles. The Balaban J connectivity index is 1.46. The number of carbonyl (C=O) groups excluding carboxylic acids is 1. The summed E-state index contributed by atoms with van der Waals surface area (Å²) >= 11 is 0. The van der Waals surface area contributed by atoms with Crippen molar-refractivity contribution in [3.8, 4) is 0 Å². The minimum Gasteiger partial charge on any atom is -0.445 e. The maximum Gasteiger partial charge on any atom is 0.411 e. The lowest BCUT2D eigenvalue weighted by Crippen LogP contribution is -2.56. The summed E-state index contributed by atoms with van der Waals surface area (Å²) in [5.41, 5.74) is 2.50. The number of hydrogen-bond donors (Lipinski definition) is 0. The molecule has 1 aromatic carbocycles. The molecule has 2 unspecified atom stereocenters. The summed E-state index contributed by atoms with van der Waals surface area (Å²) in [7, 11) is 0. The molecule has 0 spiro atoms. The number of fused-ring (bicyclic) bond motifs is 2. The number of rotatable bonds is 10. The van der Waals surface area contributed by atoms with Crippen molar-refractivity contribution in [3.63, 3.8) is 0 Å². The minimum absolute atomic E-state index is 0.0124. The third-order valence-electron chi connectivity index (χ3n) is 5.60. The molecule has 3 rings (SSSR count). The number of allylic oxidation sites excluding steroid dienone is 1. The average Bonchev–Trinajstić information content (AvgIpc) is 2.71. The molecule has 1 fully saturated rings. The van der Waals surface area contributed by atoms with Gasteiger partial charge < -0.3 is 9.47 Å². The SMILES string of the molecule is C=CCCCCCCCC1=CC2COCC(C1)N2C(=O)OCc1ccccc1. The molecule has 0 aliphatic carbocycles. The molecule has 2 aliphatic rings. The van der Waals surface area contributed by atoms with E-state index in [2.05, 4.69) is 12.7 Å². The summed E-state index contributed by atoms with van der Waals surface area (Å²) in [6.07, 6.45) is 13.6. The van der Waals surface area contributed by atoms with Crippen LogP contribution in [0.2, 0.25) is 0 Å². The van der Waals surface area contributed by atoms with Crippen molar-refractivity contribution in [1.82, 2.24) is 4.90 Å². The van der Waals surface area contributed by atoms with Crippen molar-refractivity contribution in [2.75, 3.05) is 13.2 Å². The van der Waals surface area contributed by atoms with E-state index in [9.17, 15) is 4.79 Å². The second-order valence-corrected chi connectivity index (χ2v) is 7.83. The molecule has 0 saturated carbocycles. The Labute approximate surface area is 169 Å². The van der Waals surface area contributed by atoms with E-state index in [1.165, 1.54) is 37.7 Å². The number of amides is 1. The Kier molecular flexibility index (Phi) is 8.16. The van der Waals surface area contributed by atoms with Gasteiger partial charge >= 0.3 is 6.09 Å². The molecule has 1 aromatic rings. The van der Waals surface area contributed by atoms with E-state index in [1.54, 1.807) is 0 Å². The summed E-state index contributed by atoms with van der Waals surface area (Å²) in [6, 6.07) is 9.95. The van der Waals surface area contributed by atoms with Gasteiger partial charge in [-0.3, -0.25) is 4.90 Å². The van der Waals surface area contributed by atoms with Crippen LogP contribution in [0.4, 0.5) is 4.79 Å². The Bertz CT molecular complexity index is 655. The molecule has 28 heavy (non-hydrogen) atoms. The van der Waals surface area contributed by atoms with Crippen LogP contribution in [-0.2, 0) is 16.1 Å². The largest absolute Gasteiger partial charge is 0.445 e. The fourth-order valence-electron chi connectivity index (χ4n) is 4.12. The molecule has 0 radical (unpaired) electrons. The second kappa shape index (κ2) is 11.1. The Hall–Kier alpha value is -2.07. The maximum atomic E-state index is 12.7. The molecule has 1 saturated heterocycles. The molecule has 2 atom stereocenters. The monoisotopic (exact) mass is 383 g/mol. The van der Waals surface area contributed by atoms with Crippen LogP contribution >= 0.6 is 0 Å². The first-order chi connectivity index (χ1) is 13.8. The summed E-state index contributed by atoms with van der Waals surface area (Å²) in [4.78, 5) is 14.6. The van der Waals surface area contributed by atoms with Crippen LogP contribution in [0.15, 0.2) is 54.6 Å². The molecule has 0 N–H and O–H groups in total. The first kappa shape index (κ1) is 20.7. The van der Waals surface area contributed by atoms with Crippen molar-refractivity contribution in [2.45, 2.75) is 70.1 Å². The Morgan fingerprint density at radius 3 is 2.71 bits per heavy atom. The number of unbranched alkanes of at least 4 members (excludes halogenated alkanes) is 5. The summed E-state index contributed by atoms with van der Waals surface area (Å²) < 4.78 is 11.3. The van der Waals surface area contributed by atoms with Gasteiger partial charge in [0, 0.05) is 0 Å². The molecule has 2 heterocycles. The zero-order valence-electron chi connectivity index (χ0n) is 16.9. The molecule has 4 nitrogen and oxygen atoms in total. The number of morpholine rings is 1. The minimum atomic E-state index is -0.223. The van der Waals surface area contributed by atoms with Gasteiger partial charge in [0.25, 0.3) is 0 Å². The lowest BCUT2D eigenvalue weighted by atomic mass is 9.91. The molecule has 4 heteroatoms. The lowest BCUT2D eigenvalue weighted by molar-refractivity contribution is -0.0375. The van der Waals surface area contributed by atoms with E-state index >= 15 is 0 Å². The molecular weight excluding hydrogens is 350 g/mol. The quantitative estimate of drug-likeness (QED) is 0.388. The zero-order chi connectivity index (χ0) is 19.6. The Morgan fingerprint density at radius 1 is 1.14 bits per heavy atom. The highest BCUT2D eigenvalue weighted by Crippen LogP contribution is 2.30. The van der Waals surface area contributed by atoms with Crippen LogP contribution in [0.25, 0.3) is 0 Å². The van der Waals surface area contributed by atoms with Crippen LogP contribution in [0.3, 0.4) is 0 Å². The second-order valence-electron chi connectivity index (χ2n) is 7.83. The van der Waals surface area contributed by atoms with Gasteiger partial charge in [0.2, 0.25) is 0 Å². The van der Waals surface area contributed by atoms with E-state index in [0.29, 0.717) is 19.8 Å². The van der Waals surface area contributed by atoms with E-state index in [1.807, 2.05) is 41.3 Å². The molecule has 152 valence electrons. The predicted octanol–water partition coefficient (Wildman–Crippen LogP) is 5.64. The Morgan fingerprint density at radius 2 is 1.93 bits per heavy atom. The topological polar surface area (TPSA) is 38.8 Å². The van der Waals surface area contributed by atoms with Crippen molar-refractivity contribution in [1.29, 1.82) is 0 Å². The van der Waals surface area contributed by atoms with Crippen molar-refractivity contribution in [2.24, 2.45) is 0 Å².